The number of nitrogens with one attached hydrogen (secondary N) is 2. The Morgan fingerprint density at radius 2 is 1.00 bits per heavy atom. The zero-order valence-electron chi connectivity index (χ0n) is 30.5. The predicted molar refractivity (Wildman–Crippen MR) is 186 cm³/mol. The normalized spacial score (nSPS) is 45.3. The average molecular weight is 651 g/mol. The molecule has 4 heterocycles. The summed E-state index contributed by atoms with van der Waals surface area (Å²) in [6.07, 6.45) is 12.5. The van der Waals surface area contributed by atoms with Gasteiger partial charge in [0, 0.05) is 47.6 Å². The van der Waals surface area contributed by atoms with E-state index in [9.17, 15) is 10.2 Å². The fraction of sp³-hybridized carbons (Fsp3) is 0.895. The molecule has 10 unspecified atom stereocenters. The number of ether oxygens (including phenoxy) is 2. The van der Waals surface area contributed by atoms with Gasteiger partial charge in [-0.1, -0.05) is 41.5 Å². The molecule has 10 atom stereocenters. The summed E-state index contributed by atoms with van der Waals surface area (Å²) < 4.78 is 12.9. The van der Waals surface area contributed by atoms with Crippen LogP contribution in [0.4, 0.5) is 0 Å². The van der Waals surface area contributed by atoms with Crippen LogP contribution in [0.25, 0.3) is 0 Å². The molecule has 4 bridgehead atoms. The number of halogens is 1. The lowest BCUT2D eigenvalue weighted by molar-refractivity contribution is -0.269. The molecular formula is C38H67ClN2O4. The predicted octanol–water partition coefficient (Wildman–Crippen LogP) is 8.08. The van der Waals surface area contributed by atoms with Crippen LogP contribution in [0.2, 0.25) is 0 Å². The van der Waals surface area contributed by atoms with E-state index in [1.165, 1.54) is 36.8 Å². The van der Waals surface area contributed by atoms with Crippen LogP contribution in [0, 0.1) is 47.3 Å². The summed E-state index contributed by atoms with van der Waals surface area (Å²) >= 11 is 0. The molecule has 4 aliphatic heterocycles. The Balaban J connectivity index is 0.000000200. The molecular weight excluding hydrogens is 584 g/mol. The van der Waals surface area contributed by atoms with Gasteiger partial charge >= 0.3 is 0 Å². The van der Waals surface area contributed by atoms with E-state index < -0.39 is 11.6 Å². The third kappa shape index (κ3) is 6.63. The average Bonchev–Trinajstić information content (AvgIpc) is 3.55. The van der Waals surface area contributed by atoms with Crippen LogP contribution in [0.15, 0.2) is 23.5 Å². The molecule has 4 saturated heterocycles. The summed E-state index contributed by atoms with van der Waals surface area (Å²) in [6.45, 7) is 26.5. The Bertz CT molecular complexity index is 1050. The van der Waals surface area contributed by atoms with Crippen LogP contribution >= 0.6 is 12.4 Å². The van der Waals surface area contributed by atoms with Gasteiger partial charge in [-0.15, -0.1) is 12.4 Å². The Hall–Kier alpha value is -0.790. The van der Waals surface area contributed by atoms with Gasteiger partial charge < -0.3 is 30.3 Å². The number of rotatable bonds is 4. The van der Waals surface area contributed by atoms with E-state index in [1.807, 2.05) is 0 Å². The smallest absolute Gasteiger partial charge is 0.173 e. The number of fused-ring (bicyclic) bond motifs is 2. The van der Waals surface area contributed by atoms with Crippen molar-refractivity contribution in [1.29, 1.82) is 0 Å². The van der Waals surface area contributed by atoms with Gasteiger partial charge in [0.15, 0.2) is 11.6 Å². The van der Waals surface area contributed by atoms with Gasteiger partial charge in [-0.2, -0.15) is 0 Å². The van der Waals surface area contributed by atoms with Crippen LogP contribution < -0.4 is 10.6 Å². The fourth-order valence-electron chi connectivity index (χ4n) is 10.0. The summed E-state index contributed by atoms with van der Waals surface area (Å²) in [5, 5.41) is 29.5. The van der Waals surface area contributed by atoms with Crippen LogP contribution in [0.5, 0.6) is 0 Å². The molecule has 2 spiro atoms. The first-order valence-corrected chi connectivity index (χ1v) is 17.9. The van der Waals surface area contributed by atoms with E-state index in [2.05, 4.69) is 106 Å². The SMILES string of the molecule is CC(C)C1CC23OC1(O)C/C(=C\NC(C)(C)C)C2CCC3C.CC(C)C1CC23OC1(O)C/C(=C\NC(C)(C)C)C2CCC3C.Cl. The first-order valence-electron chi connectivity index (χ1n) is 17.9. The molecule has 6 nitrogen and oxygen atoms in total. The van der Waals surface area contributed by atoms with Gasteiger partial charge in [0.05, 0.1) is 11.2 Å². The third-order valence-electron chi connectivity index (χ3n) is 12.4. The van der Waals surface area contributed by atoms with Crippen molar-refractivity contribution in [3.63, 3.8) is 0 Å². The highest BCUT2D eigenvalue weighted by Gasteiger charge is 2.68. The maximum Gasteiger partial charge on any atom is 0.173 e. The molecule has 2 aliphatic carbocycles. The minimum absolute atomic E-state index is 0. The summed E-state index contributed by atoms with van der Waals surface area (Å²) in [6, 6.07) is 0. The van der Waals surface area contributed by atoms with Crippen molar-refractivity contribution < 1.29 is 19.7 Å². The van der Waals surface area contributed by atoms with Gasteiger partial charge in [0.1, 0.15) is 0 Å². The van der Waals surface area contributed by atoms with Crippen molar-refractivity contribution in [1.82, 2.24) is 10.6 Å². The molecule has 0 aromatic rings. The van der Waals surface area contributed by atoms with Crippen molar-refractivity contribution in [3.8, 4) is 0 Å². The van der Waals surface area contributed by atoms with Crippen LogP contribution in [-0.2, 0) is 9.47 Å². The van der Waals surface area contributed by atoms with E-state index in [4.69, 9.17) is 9.47 Å². The first-order chi connectivity index (χ1) is 20.1. The van der Waals surface area contributed by atoms with Crippen molar-refractivity contribution in [2.75, 3.05) is 0 Å². The lowest BCUT2D eigenvalue weighted by Crippen LogP contribution is -2.49. The van der Waals surface area contributed by atoms with Gasteiger partial charge in [-0.05, 0) is 127 Å². The quantitative estimate of drug-likeness (QED) is 0.246. The van der Waals surface area contributed by atoms with Gasteiger partial charge in [-0.25, -0.2) is 0 Å². The van der Waals surface area contributed by atoms with Crippen LogP contribution in [0.3, 0.4) is 0 Å². The lowest BCUT2D eigenvalue weighted by atomic mass is 9.77. The van der Waals surface area contributed by atoms with Gasteiger partial charge in [-0.3, -0.25) is 0 Å². The first kappa shape index (κ1) is 37.0. The maximum atomic E-state index is 11.2. The van der Waals surface area contributed by atoms with E-state index >= 15 is 0 Å². The largest absolute Gasteiger partial charge is 0.386 e. The molecule has 0 amide bonds. The maximum absolute atomic E-state index is 11.2. The Morgan fingerprint density at radius 1 is 0.667 bits per heavy atom. The van der Waals surface area contributed by atoms with Crippen molar-refractivity contribution in [2.45, 2.75) is 168 Å². The lowest BCUT2D eigenvalue weighted by Gasteiger charge is -2.44. The van der Waals surface area contributed by atoms with Crippen LogP contribution in [-0.4, -0.2) is 44.1 Å². The zero-order valence-corrected chi connectivity index (χ0v) is 31.4. The van der Waals surface area contributed by atoms with Crippen molar-refractivity contribution in [3.05, 3.63) is 23.5 Å². The minimum atomic E-state index is -0.964. The van der Waals surface area contributed by atoms with Crippen LogP contribution in [0.1, 0.15) is 134 Å². The fourth-order valence-corrected chi connectivity index (χ4v) is 10.0. The molecule has 4 N–H and O–H groups in total. The van der Waals surface area contributed by atoms with Crippen molar-refractivity contribution in [2.24, 2.45) is 47.3 Å². The Morgan fingerprint density at radius 3 is 1.29 bits per heavy atom. The number of aliphatic hydroxyl groups is 2. The third-order valence-corrected chi connectivity index (χ3v) is 12.4. The Labute approximate surface area is 281 Å². The molecule has 260 valence electrons. The standard InChI is InChI=1S/2C19H33NO2.ClH/c2*1-12(2)16-10-18-13(3)7-8-15(18)14(9-19(16,21)22-18)11-20-17(4,5)6;/h2*11-13,15-16,20-21H,7-10H2,1-6H3;1H/b2*14-11+;. The molecule has 7 heteroatoms. The second-order valence-electron chi connectivity index (χ2n) is 18.6. The molecule has 6 rings (SSSR count). The Kier molecular flexibility index (Phi) is 10.1. The molecule has 6 aliphatic rings. The minimum Gasteiger partial charge on any atom is -0.386 e. The van der Waals surface area contributed by atoms with E-state index in [0.29, 0.717) is 48.3 Å². The summed E-state index contributed by atoms with van der Waals surface area (Å²) in [5.74, 6) is 1.48. The summed E-state index contributed by atoms with van der Waals surface area (Å²) in [5.41, 5.74) is 2.59. The number of hydrogen-bond donors (Lipinski definition) is 4. The van der Waals surface area contributed by atoms with E-state index in [0.717, 1.165) is 12.8 Å². The summed E-state index contributed by atoms with van der Waals surface area (Å²) in [4.78, 5) is 0. The van der Waals surface area contributed by atoms with Gasteiger partial charge in [0.2, 0.25) is 0 Å². The molecule has 0 aromatic carbocycles. The monoisotopic (exact) mass is 650 g/mol. The molecule has 0 radical (unpaired) electrons. The second-order valence-corrected chi connectivity index (χ2v) is 18.6. The highest BCUT2D eigenvalue weighted by atomic mass is 35.5. The topological polar surface area (TPSA) is 83.0 Å². The van der Waals surface area contributed by atoms with Gasteiger partial charge in [0.25, 0.3) is 0 Å². The van der Waals surface area contributed by atoms with E-state index in [1.54, 1.807) is 0 Å². The zero-order chi connectivity index (χ0) is 32.7. The molecule has 6 fully saturated rings. The highest BCUT2D eigenvalue weighted by Crippen LogP contribution is 2.65. The summed E-state index contributed by atoms with van der Waals surface area (Å²) in [7, 11) is 0. The molecule has 0 aromatic heterocycles. The van der Waals surface area contributed by atoms with E-state index in [-0.39, 0.29) is 46.5 Å². The number of hydrogen-bond acceptors (Lipinski definition) is 6. The molecule has 45 heavy (non-hydrogen) atoms. The second kappa shape index (κ2) is 12.3. The van der Waals surface area contributed by atoms with Crippen molar-refractivity contribution >= 4 is 12.4 Å². The molecule has 2 saturated carbocycles. The highest BCUT2D eigenvalue weighted by molar-refractivity contribution is 5.85.